The number of aromatic hydroxyl groups is 1. The minimum absolute atomic E-state index is 0.0773. The van der Waals surface area contributed by atoms with Crippen molar-refractivity contribution in [2.45, 2.75) is 25.4 Å². The molecule has 1 aliphatic rings. The molecule has 1 heterocycles. The molecule has 2 N–H and O–H groups in total. The van der Waals surface area contributed by atoms with E-state index in [1.165, 1.54) is 18.2 Å². The van der Waals surface area contributed by atoms with E-state index in [0.29, 0.717) is 31.2 Å². The first-order valence-electron chi connectivity index (χ1n) is 7.13. The lowest BCUT2D eigenvalue weighted by Crippen LogP contribution is -2.25. The zero-order valence-corrected chi connectivity index (χ0v) is 12.6. The van der Waals surface area contributed by atoms with Crippen molar-refractivity contribution in [3.63, 3.8) is 0 Å². The minimum atomic E-state index is -0.339. The summed E-state index contributed by atoms with van der Waals surface area (Å²) in [6.07, 6.45) is 3.10. The highest BCUT2D eigenvalue weighted by molar-refractivity contribution is 6.31. The monoisotopic (exact) mass is 313 g/mol. The summed E-state index contributed by atoms with van der Waals surface area (Å²) in [5.74, 6) is -0.416. The average molecular weight is 314 g/mol. The number of benzene rings is 1. The number of phenolic OH excluding ortho intramolecular Hbond substituents is 1. The second-order valence-electron chi connectivity index (χ2n) is 4.98. The maximum absolute atomic E-state index is 11.9. The number of phenols is 1. The van der Waals surface area contributed by atoms with E-state index in [9.17, 15) is 9.90 Å². The fourth-order valence-electron chi connectivity index (χ4n) is 2.15. The van der Waals surface area contributed by atoms with Gasteiger partial charge in [-0.15, -0.1) is 0 Å². The lowest BCUT2D eigenvalue weighted by Gasteiger charge is -2.10. The molecule has 0 saturated carbocycles. The average Bonchev–Trinajstić information content (AvgIpc) is 2.98. The van der Waals surface area contributed by atoms with Crippen LogP contribution in [0.15, 0.2) is 18.2 Å². The zero-order valence-electron chi connectivity index (χ0n) is 11.8. The third kappa shape index (κ3) is 5.19. The van der Waals surface area contributed by atoms with Crippen molar-refractivity contribution in [3.05, 3.63) is 28.8 Å². The van der Waals surface area contributed by atoms with Crippen molar-refractivity contribution in [3.8, 4) is 5.75 Å². The maximum atomic E-state index is 11.9. The van der Waals surface area contributed by atoms with Crippen molar-refractivity contribution in [1.29, 1.82) is 0 Å². The van der Waals surface area contributed by atoms with Crippen molar-refractivity contribution < 1.29 is 19.4 Å². The molecule has 1 unspecified atom stereocenters. The van der Waals surface area contributed by atoms with Gasteiger partial charge in [0.2, 0.25) is 0 Å². The quantitative estimate of drug-likeness (QED) is 0.758. The molecule has 21 heavy (non-hydrogen) atoms. The number of halogens is 1. The molecule has 0 radical (unpaired) electrons. The Bertz CT molecular complexity index is 475. The zero-order chi connectivity index (χ0) is 15.1. The van der Waals surface area contributed by atoms with E-state index in [4.69, 9.17) is 21.1 Å². The molecule has 5 nitrogen and oxygen atoms in total. The molecule has 0 aromatic heterocycles. The van der Waals surface area contributed by atoms with Crippen LogP contribution < -0.4 is 5.32 Å². The lowest BCUT2D eigenvalue weighted by atomic mass is 10.2. The Morgan fingerprint density at radius 3 is 3.14 bits per heavy atom. The van der Waals surface area contributed by atoms with Crippen LogP contribution in [0, 0.1) is 0 Å². The van der Waals surface area contributed by atoms with Crippen molar-refractivity contribution in [2.75, 3.05) is 26.4 Å². The molecule has 1 amide bonds. The summed E-state index contributed by atoms with van der Waals surface area (Å²) in [5, 5.41) is 12.8. The summed E-state index contributed by atoms with van der Waals surface area (Å²) < 4.78 is 10.9. The van der Waals surface area contributed by atoms with Gasteiger partial charge < -0.3 is 19.9 Å². The van der Waals surface area contributed by atoms with Gasteiger partial charge >= 0.3 is 0 Å². The van der Waals surface area contributed by atoms with E-state index < -0.39 is 0 Å². The standard InChI is InChI=1S/C15H20ClNO4/c16-11-4-5-14(18)13(9-11)15(19)17-6-2-7-20-10-12-3-1-8-21-12/h4-5,9,12,18H,1-3,6-8,10H2,(H,17,19). The van der Waals surface area contributed by atoms with Crippen LogP contribution in [-0.2, 0) is 9.47 Å². The number of hydrogen-bond donors (Lipinski definition) is 2. The molecule has 1 aromatic carbocycles. The number of nitrogens with one attached hydrogen (secondary N) is 1. The Kier molecular flexibility index (Phi) is 6.29. The Hall–Kier alpha value is -1.30. The number of carbonyl (C=O) groups is 1. The molecule has 0 bridgehead atoms. The highest BCUT2D eigenvalue weighted by atomic mass is 35.5. The van der Waals surface area contributed by atoms with Gasteiger partial charge in [0, 0.05) is 24.8 Å². The van der Waals surface area contributed by atoms with Crippen LogP contribution in [0.2, 0.25) is 5.02 Å². The summed E-state index contributed by atoms with van der Waals surface area (Å²) >= 11 is 5.80. The first kappa shape index (κ1) is 16.1. The van der Waals surface area contributed by atoms with Gasteiger partial charge in [-0.3, -0.25) is 4.79 Å². The molecule has 116 valence electrons. The molecule has 1 aromatic rings. The first-order chi connectivity index (χ1) is 10.2. The Morgan fingerprint density at radius 1 is 1.52 bits per heavy atom. The molecular formula is C15H20ClNO4. The fourth-order valence-corrected chi connectivity index (χ4v) is 2.32. The van der Waals surface area contributed by atoms with Gasteiger partial charge in [-0.2, -0.15) is 0 Å². The second kappa shape index (κ2) is 8.22. The van der Waals surface area contributed by atoms with E-state index in [0.717, 1.165) is 19.4 Å². The Balaban J connectivity index is 1.61. The van der Waals surface area contributed by atoms with E-state index >= 15 is 0 Å². The largest absolute Gasteiger partial charge is 0.507 e. The van der Waals surface area contributed by atoms with Gasteiger partial charge in [-0.05, 0) is 37.5 Å². The molecule has 6 heteroatoms. The number of amides is 1. The van der Waals surface area contributed by atoms with Gasteiger partial charge in [-0.25, -0.2) is 0 Å². The minimum Gasteiger partial charge on any atom is -0.507 e. The molecule has 1 aliphatic heterocycles. The van der Waals surface area contributed by atoms with Gasteiger partial charge in [0.1, 0.15) is 5.75 Å². The lowest BCUT2D eigenvalue weighted by molar-refractivity contribution is 0.0166. The number of hydrogen-bond acceptors (Lipinski definition) is 4. The van der Waals surface area contributed by atoms with Gasteiger partial charge in [0.05, 0.1) is 18.3 Å². The summed E-state index contributed by atoms with van der Waals surface area (Å²) in [4.78, 5) is 11.9. The molecule has 1 atom stereocenters. The summed E-state index contributed by atoms with van der Waals surface area (Å²) in [6.45, 7) is 2.49. The van der Waals surface area contributed by atoms with Crippen LogP contribution in [-0.4, -0.2) is 43.5 Å². The van der Waals surface area contributed by atoms with E-state index in [2.05, 4.69) is 5.32 Å². The van der Waals surface area contributed by atoms with Crippen LogP contribution in [0.4, 0.5) is 0 Å². The molecule has 1 fully saturated rings. The van der Waals surface area contributed by atoms with Gasteiger partial charge in [0.15, 0.2) is 0 Å². The normalized spacial score (nSPS) is 17.9. The van der Waals surface area contributed by atoms with E-state index in [1.54, 1.807) is 0 Å². The van der Waals surface area contributed by atoms with Crippen molar-refractivity contribution in [2.24, 2.45) is 0 Å². The number of rotatable bonds is 7. The van der Waals surface area contributed by atoms with Crippen LogP contribution in [0.5, 0.6) is 5.75 Å². The Morgan fingerprint density at radius 2 is 2.38 bits per heavy atom. The van der Waals surface area contributed by atoms with E-state index in [1.807, 2.05) is 0 Å². The molecule has 1 saturated heterocycles. The van der Waals surface area contributed by atoms with Crippen LogP contribution in [0.1, 0.15) is 29.6 Å². The van der Waals surface area contributed by atoms with Crippen LogP contribution >= 0.6 is 11.6 Å². The molecule has 0 spiro atoms. The molecular weight excluding hydrogens is 294 g/mol. The predicted molar refractivity (Wildman–Crippen MR) is 79.9 cm³/mol. The van der Waals surface area contributed by atoms with Crippen LogP contribution in [0.25, 0.3) is 0 Å². The smallest absolute Gasteiger partial charge is 0.255 e. The van der Waals surface area contributed by atoms with E-state index in [-0.39, 0.29) is 23.3 Å². The third-order valence-electron chi connectivity index (χ3n) is 3.28. The highest BCUT2D eigenvalue weighted by Gasteiger charge is 2.15. The topological polar surface area (TPSA) is 67.8 Å². The second-order valence-corrected chi connectivity index (χ2v) is 5.42. The summed E-state index contributed by atoms with van der Waals surface area (Å²) in [5.41, 5.74) is 0.183. The SMILES string of the molecule is O=C(NCCCOCC1CCCO1)c1cc(Cl)ccc1O. The van der Waals surface area contributed by atoms with Crippen LogP contribution in [0.3, 0.4) is 0 Å². The number of ether oxygens (including phenoxy) is 2. The third-order valence-corrected chi connectivity index (χ3v) is 3.52. The predicted octanol–water partition coefficient (Wildman–Crippen LogP) is 2.36. The maximum Gasteiger partial charge on any atom is 0.255 e. The van der Waals surface area contributed by atoms with Gasteiger partial charge in [-0.1, -0.05) is 11.6 Å². The Labute approximate surface area is 129 Å². The highest BCUT2D eigenvalue weighted by Crippen LogP contribution is 2.21. The number of carbonyl (C=O) groups excluding carboxylic acids is 1. The van der Waals surface area contributed by atoms with Gasteiger partial charge in [0.25, 0.3) is 5.91 Å². The molecule has 2 rings (SSSR count). The molecule has 0 aliphatic carbocycles. The fraction of sp³-hybridized carbons (Fsp3) is 0.533. The summed E-state index contributed by atoms with van der Waals surface area (Å²) in [6, 6.07) is 4.38. The van der Waals surface area contributed by atoms with Crippen molar-refractivity contribution in [1.82, 2.24) is 5.32 Å². The first-order valence-corrected chi connectivity index (χ1v) is 7.50. The summed E-state index contributed by atoms with van der Waals surface area (Å²) in [7, 11) is 0. The van der Waals surface area contributed by atoms with Crippen molar-refractivity contribution >= 4 is 17.5 Å².